The van der Waals surface area contributed by atoms with Gasteiger partial charge in [0.2, 0.25) is 0 Å². The van der Waals surface area contributed by atoms with Gasteiger partial charge in [-0.25, -0.2) is 0 Å². The molecular formula is C17H23NO2. The van der Waals surface area contributed by atoms with Gasteiger partial charge in [-0.1, -0.05) is 43.8 Å². The van der Waals surface area contributed by atoms with Gasteiger partial charge in [0.15, 0.2) is 5.90 Å². The molecule has 1 unspecified atom stereocenters. The van der Waals surface area contributed by atoms with E-state index in [1.165, 1.54) is 5.56 Å². The summed E-state index contributed by atoms with van der Waals surface area (Å²) in [6.07, 6.45) is 0. The van der Waals surface area contributed by atoms with Crippen LogP contribution in [0.3, 0.4) is 0 Å². The quantitative estimate of drug-likeness (QED) is 0.739. The van der Waals surface area contributed by atoms with E-state index in [0.717, 1.165) is 12.4 Å². The van der Waals surface area contributed by atoms with Gasteiger partial charge in [-0.2, -0.15) is 0 Å². The lowest BCUT2D eigenvalue weighted by Gasteiger charge is -2.27. The third kappa shape index (κ3) is 3.21. The molecule has 0 radical (unpaired) electrons. The van der Waals surface area contributed by atoms with Gasteiger partial charge in [0, 0.05) is 5.92 Å². The summed E-state index contributed by atoms with van der Waals surface area (Å²) in [6.45, 7) is 12.3. The van der Waals surface area contributed by atoms with Crippen LogP contribution in [0.5, 0.6) is 0 Å². The van der Waals surface area contributed by atoms with Crippen LogP contribution in [0.1, 0.15) is 32.3 Å². The summed E-state index contributed by atoms with van der Waals surface area (Å²) in [7, 11) is 0. The molecule has 1 atom stereocenters. The summed E-state index contributed by atoms with van der Waals surface area (Å²) < 4.78 is 11.4. The minimum atomic E-state index is -0.368. The predicted octanol–water partition coefficient (Wildman–Crippen LogP) is 3.78. The summed E-state index contributed by atoms with van der Waals surface area (Å²) >= 11 is 0. The standard InChI is InChI=1S/C17H23NO2/c1-13(15-8-6-5-7-9-15)12-20-14(2)17(3,4)16-18-10-11-19-16/h5-9,13H,2,10-12H2,1,3-4H3. The molecule has 1 aromatic carbocycles. The first-order chi connectivity index (χ1) is 9.51. The van der Waals surface area contributed by atoms with E-state index in [-0.39, 0.29) is 5.41 Å². The van der Waals surface area contributed by atoms with Crippen LogP contribution in [0.4, 0.5) is 0 Å². The number of hydrogen-bond donors (Lipinski definition) is 0. The van der Waals surface area contributed by atoms with Gasteiger partial charge >= 0.3 is 0 Å². The lowest BCUT2D eigenvalue weighted by Crippen LogP contribution is -2.28. The molecule has 0 N–H and O–H groups in total. The number of hydrogen-bond acceptors (Lipinski definition) is 3. The Morgan fingerprint density at radius 3 is 2.70 bits per heavy atom. The van der Waals surface area contributed by atoms with Crippen molar-refractivity contribution in [2.24, 2.45) is 10.4 Å². The lowest BCUT2D eigenvalue weighted by molar-refractivity contribution is 0.149. The third-order valence-corrected chi connectivity index (χ3v) is 3.69. The van der Waals surface area contributed by atoms with Crippen LogP contribution >= 0.6 is 0 Å². The van der Waals surface area contributed by atoms with Crippen LogP contribution in [-0.2, 0) is 9.47 Å². The summed E-state index contributed by atoms with van der Waals surface area (Å²) in [5.74, 6) is 1.77. The molecule has 108 valence electrons. The summed E-state index contributed by atoms with van der Waals surface area (Å²) in [6, 6.07) is 10.4. The Morgan fingerprint density at radius 2 is 2.10 bits per heavy atom. The molecular weight excluding hydrogens is 250 g/mol. The van der Waals surface area contributed by atoms with Gasteiger partial charge in [0.25, 0.3) is 0 Å². The number of rotatable bonds is 6. The second-order valence-corrected chi connectivity index (χ2v) is 5.71. The van der Waals surface area contributed by atoms with E-state index in [0.29, 0.717) is 24.9 Å². The minimum absolute atomic E-state index is 0.329. The van der Waals surface area contributed by atoms with Gasteiger partial charge in [-0.15, -0.1) is 0 Å². The third-order valence-electron chi connectivity index (χ3n) is 3.69. The molecule has 0 saturated heterocycles. The van der Waals surface area contributed by atoms with Gasteiger partial charge in [0.05, 0.1) is 18.6 Å². The first kappa shape index (κ1) is 14.6. The molecule has 0 amide bonds. The first-order valence-corrected chi connectivity index (χ1v) is 7.06. The van der Waals surface area contributed by atoms with Crippen LogP contribution in [0.25, 0.3) is 0 Å². The highest BCUT2D eigenvalue weighted by atomic mass is 16.5. The largest absolute Gasteiger partial charge is 0.497 e. The second-order valence-electron chi connectivity index (χ2n) is 5.71. The average Bonchev–Trinajstić information content (AvgIpc) is 3.00. The smallest absolute Gasteiger partial charge is 0.197 e. The molecule has 2 rings (SSSR count). The fraction of sp³-hybridized carbons (Fsp3) is 0.471. The molecule has 0 aliphatic carbocycles. The van der Waals surface area contributed by atoms with Crippen LogP contribution in [0.15, 0.2) is 47.7 Å². The Balaban J connectivity index is 1.92. The number of nitrogens with zero attached hydrogens (tertiary/aromatic N) is 1. The molecule has 20 heavy (non-hydrogen) atoms. The van der Waals surface area contributed by atoms with Crippen LogP contribution in [-0.4, -0.2) is 25.7 Å². The van der Waals surface area contributed by atoms with E-state index in [9.17, 15) is 0 Å². The number of ether oxygens (including phenoxy) is 2. The summed E-state index contributed by atoms with van der Waals surface area (Å²) in [4.78, 5) is 4.37. The van der Waals surface area contributed by atoms with Crippen molar-refractivity contribution in [3.8, 4) is 0 Å². The van der Waals surface area contributed by atoms with Crippen molar-refractivity contribution in [2.45, 2.75) is 26.7 Å². The van der Waals surface area contributed by atoms with Crippen LogP contribution in [0, 0.1) is 5.41 Å². The zero-order valence-electron chi connectivity index (χ0n) is 12.6. The Hall–Kier alpha value is -1.77. The molecule has 0 saturated carbocycles. The van der Waals surface area contributed by atoms with Gasteiger partial charge in [-0.3, -0.25) is 4.99 Å². The van der Waals surface area contributed by atoms with Crippen molar-refractivity contribution in [2.75, 3.05) is 19.8 Å². The monoisotopic (exact) mass is 273 g/mol. The molecule has 1 aliphatic heterocycles. The van der Waals surface area contributed by atoms with Crippen molar-refractivity contribution < 1.29 is 9.47 Å². The SMILES string of the molecule is C=C(OCC(C)c1ccccc1)C(C)(C)C1=NCCO1. The maximum atomic E-state index is 5.88. The summed E-state index contributed by atoms with van der Waals surface area (Å²) in [5.41, 5.74) is 0.903. The average molecular weight is 273 g/mol. The van der Waals surface area contributed by atoms with Crippen molar-refractivity contribution in [3.05, 3.63) is 48.2 Å². The molecule has 1 heterocycles. The highest BCUT2D eigenvalue weighted by Crippen LogP contribution is 2.31. The highest BCUT2D eigenvalue weighted by molar-refractivity contribution is 5.85. The Kier molecular flexibility index (Phi) is 4.48. The molecule has 0 spiro atoms. The number of aliphatic imine (C=N–C) groups is 1. The van der Waals surface area contributed by atoms with Crippen molar-refractivity contribution in [1.82, 2.24) is 0 Å². The van der Waals surface area contributed by atoms with E-state index < -0.39 is 0 Å². The van der Waals surface area contributed by atoms with Crippen LogP contribution < -0.4 is 0 Å². The highest BCUT2D eigenvalue weighted by Gasteiger charge is 2.34. The molecule has 0 aromatic heterocycles. The molecule has 3 heteroatoms. The Labute approximate surface area is 121 Å². The predicted molar refractivity (Wildman–Crippen MR) is 82.0 cm³/mol. The molecule has 0 fully saturated rings. The van der Waals surface area contributed by atoms with Crippen molar-refractivity contribution >= 4 is 5.90 Å². The topological polar surface area (TPSA) is 30.8 Å². The fourth-order valence-corrected chi connectivity index (χ4v) is 2.12. The molecule has 1 aromatic rings. The van der Waals surface area contributed by atoms with Crippen molar-refractivity contribution in [3.63, 3.8) is 0 Å². The zero-order valence-corrected chi connectivity index (χ0v) is 12.6. The van der Waals surface area contributed by atoms with E-state index in [4.69, 9.17) is 9.47 Å². The maximum absolute atomic E-state index is 5.88. The van der Waals surface area contributed by atoms with Gasteiger partial charge in [-0.05, 0) is 19.4 Å². The van der Waals surface area contributed by atoms with Gasteiger partial charge in [0.1, 0.15) is 12.4 Å². The maximum Gasteiger partial charge on any atom is 0.197 e. The fourth-order valence-electron chi connectivity index (χ4n) is 2.12. The molecule has 1 aliphatic rings. The van der Waals surface area contributed by atoms with Crippen molar-refractivity contribution in [1.29, 1.82) is 0 Å². The Morgan fingerprint density at radius 1 is 1.40 bits per heavy atom. The van der Waals surface area contributed by atoms with E-state index >= 15 is 0 Å². The normalized spacial score (nSPS) is 16.2. The minimum Gasteiger partial charge on any atom is -0.497 e. The molecule has 0 bridgehead atoms. The van der Waals surface area contributed by atoms with E-state index in [1.54, 1.807) is 0 Å². The first-order valence-electron chi connectivity index (χ1n) is 7.06. The molecule has 3 nitrogen and oxygen atoms in total. The van der Waals surface area contributed by atoms with E-state index in [1.807, 2.05) is 32.0 Å². The van der Waals surface area contributed by atoms with Gasteiger partial charge < -0.3 is 9.47 Å². The van der Waals surface area contributed by atoms with Crippen LogP contribution in [0.2, 0.25) is 0 Å². The zero-order chi connectivity index (χ0) is 14.6. The lowest BCUT2D eigenvalue weighted by atomic mass is 9.91. The summed E-state index contributed by atoms with van der Waals surface area (Å²) in [5, 5.41) is 0. The number of benzene rings is 1. The second kappa shape index (κ2) is 6.12. The van der Waals surface area contributed by atoms with E-state index in [2.05, 4.69) is 30.6 Å². The Bertz CT molecular complexity index is 491.